The molecule has 2 rings (SSSR count). The molecule has 1 fully saturated rings. The number of carbonyl (C=O) groups excluding carboxylic acids is 2. The first-order chi connectivity index (χ1) is 12.7. The van der Waals surface area contributed by atoms with Crippen molar-refractivity contribution in [3.63, 3.8) is 0 Å². The van der Waals surface area contributed by atoms with E-state index in [1.165, 1.54) is 13.0 Å². The van der Waals surface area contributed by atoms with Crippen LogP contribution in [0.2, 0.25) is 0 Å². The highest BCUT2D eigenvalue weighted by Crippen LogP contribution is 2.26. The molecule has 6 heteroatoms. The minimum Gasteiger partial charge on any atom is -0.488 e. The van der Waals surface area contributed by atoms with E-state index in [1.807, 2.05) is 51.1 Å². The zero-order chi connectivity index (χ0) is 19.9. The minimum absolute atomic E-state index is 0.249. The average Bonchev–Trinajstić information content (AvgIpc) is 2.56. The molecular formula is C21H28O6. The van der Waals surface area contributed by atoms with E-state index in [9.17, 15) is 9.59 Å². The van der Waals surface area contributed by atoms with Crippen molar-refractivity contribution in [2.45, 2.75) is 65.0 Å². The van der Waals surface area contributed by atoms with Gasteiger partial charge in [-0.25, -0.2) is 4.79 Å². The predicted molar refractivity (Wildman–Crippen MR) is 99.7 cm³/mol. The molecule has 0 spiro atoms. The van der Waals surface area contributed by atoms with Crippen molar-refractivity contribution < 1.29 is 28.5 Å². The number of hydrogen-bond acceptors (Lipinski definition) is 6. The van der Waals surface area contributed by atoms with Crippen LogP contribution in [0.1, 0.15) is 46.1 Å². The number of hydrogen-bond donors (Lipinski definition) is 0. The Kier molecular flexibility index (Phi) is 7.42. The third-order valence-corrected chi connectivity index (χ3v) is 3.79. The van der Waals surface area contributed by atoms with Gasteiger partial charge in [0, 0.05) is 13.3 Å². The lowest BCUT2D eigenvalue weighted by Gasteiger charge is -2.33. The second kappa shape index (κ2) is 9.55. The number of carbonyl (C=O) groups is 2. The van der Waals surface area contributed by atoms with Gasteiger partial charge in [-0.3, -0.25) is 4.79 Å². The number of benzene rings is 1. The summed E-state index contributed by atoms with van der Waals surface area (Å²) in [5, 5.41) is 0. The predicted octanol–water partition coefficient (Wildman–Crippen LogP) is 3.54. The Bertz CT molecular complexity index is 659. The monoisotopic (exact) mass is 376 g/mol. The van der Waals surface area contributed by atoms with Gasteiger partial charge in [0.1, 0.15) is 17.5 Å². The molecule has 0 aliphatic carbocycles. The van der Waals surface area contributed by atoms with Crippen molar-refractivity contribution in [2.75, 3.05) is 6.61 Å². The van der Waals surface area contributed by atoms with Crippen molar-refractivity contribution in [1.29, 1.82) is 0 Å². The molecule has 148 valence electrons. The molecule has 0 radical (unpaired) electrons. The van der Waals surface area contributed by atoms with Gasteiger partial charge in [0.15, 0.2) is 6.10 Å². The topological polar surface area (TPSA) is 71.1 Å². The first-order valence-corrected chi connectivity index (χ1v) is 9.12. The summed E-state index contributed by atoms with van der Waals surface area (Å²) in [6.07, 6.45) is 1.54. The minimum atomic E-state index is -0.568. The number of allylic oxidation sites excluding steroid dienone is 1. The zero-order valence-corrected chi connectivity index (χ0v) is 16.4. The summed E-state index contributed by atoms with van der Waals surface area (Å²) in [7, 11) is 0. The molecular weight excluding hydrogens is 348 g/mol. The zero-order valence-electron chi connectivity index (χ0n) is 16.4. The van der Waals surface area contributed by atoms with Crippen molar-refractivity contribution in [2.24, 2.45) is 0 Å². The van der Waals surface area contributed by atoms with Crippen LogP contribution < -0.4 is 0 Å². The molecule has 6 nitrogen and oxygen atoms in total. The summed E-state index contributed by atoms with van der Waals surface area (Å²) >= 11 is 0. The summed E-state index contributed by atoms with van der Waals surface area (Å²) in [6, 6.07) is 9.77. The highest BCUT2D eigenvalue weighted by Gasteiger charge is 2.32. The van der Waals surface area contributed by atoms with E-state index < -0.39 is 23.8 Å². The summed E-state index contributed by atoms with van der Waals surface area (Å²) in [5.74, 6) is -0.301. The van der Waals surface area contributed by atoms with Crippen LogP contribution in [-0.4, -0.2) is 36.4 Å². The fourth-order valence-corrected chi connectivity index (χ4v) is 2.73. The third-order valence-electron chi connectivity index (χ3n) is 3.79. The summed E-state index contributed by atoms with van der Waals surface area (Å²) < 4.78 is 22.3. The first-order valence-electron chi connectivity index (χ1n) is 9.12. The highest BCUT2D eigenvalue weighted by atomic mass is 16.6. The van der Waals surface area contributed by atoms with Gasteiger partial charge in [-0.1, -0.05) is 30.3 Å². The Morgan fingerprint density at radius 2 is 1.93 bits per heavy atom. The molecule has 27 heavy (non-hydrogen) atoms. The molecule has 1 heterocycles. The standard InChI is InChI=1S/C21H28O6/c1-15(22)25-18-11-10-17(12-20(23)27-21(2,3)4)26-19(18)14-24-13-16-8-6-5-7-9-16/h5-9,12,18-19H,10-11,13-14H2,1-4H3/b17-12-/t18-,19+/m1/s1. The van der Waals surface area contributed by atoms with E-state index in [0.29, 0.717) is 25.2 Å². The Morgan fingerprint density at radius 1 is 1.22 bits per heavy atom. The van der Waals surface area contributed by atoms with E-state index in [-0.39, 0.29) is 12.6 Å². The summed E-state index contributed by atoms with van der Waals surface area (Å²) in [4.78, 5) is 23.4. The molecule has 1 aromatic rings. The van der Waals surface area contributed by atoms with Crippen molar-refractivity contribution in [1.82, 2.24) is 0 Å². The molecule has 1 aromatic carbocycles. The second-order valence-corrected chi connectivity index (χ2v) is 7.49. The van der Waals surface area contributed by atoms with Gasteiger partial charge >= 0.3 is 11.9 Å². The van der Waals surface area contributed by atoms with E-state index in [4.69, 9.17) is 18.9 Å². The van der Waals surface area contributed by atoms with Crippen LogP contribution in [0.15, 0.2) is 42.2 Å². The Morgan fingerprint density at radius 3 is 2.56 bits per heavy atom. The van der Waals surface area contributed by atoms with Gasteiger partial charge in [-0.2, -0.15) is 0 Å². The van der Waals surface area contributed by atoms with Gasteiger partial charge in [0.2, 0.25) is 0 Å². The maximum absolute atomic E-state index is 12.0. The van der Waals surface area contributed by atoms with Crippen molar-refractivity contribution in [3.8, 4) is 0 Å². The maximum Gasteiger partial charge on any atom is 0.334 e. The first kappa shape index (κ1) is 21.0. The molecule has 0 N–H and O–H groups in total. The lowest BCUT2D eigenvalue weighted by Crippen LogP contribution is -2.40. The third kappa shape index (κ3) is 7.83. The van der Waals surface area contributed by atoms with Gasteiger partial charge in [0.05, 0.1) is 19.3 Å². The molecule has 2 atom stereocenters. The van der Waals surface area contributed by atoms with E-state index in [0.717, 1.165) is 5.56 Å². The average molecular weight is 376 g/mol. The smallest absolute Gasteiger partial charge is 0.334 e. The van der Waals surface area contributed by atoms with Crippen molar-refractivity contribution >= 4 is 11.9 Å². The SMILES string of the molecule is CC(=O)O[C@@H]1CC/C(=C/C(=O)OC(C)(C)C)O[C@H]1COCc1ccccc1. The van der Waals surface area contributed by atoms with E-state index in [2.05, 4.69) is 0 Å². The molecule has 1 aliphatic rings. The molecule has 1 aliphatic heterocycles. The van der Waals surface area contributed by atoms with E-state index in [1.54, 1.807) is 0 Å². The highest BCUT2D eigenvalue weighted by molar-refractivity contribution is 5.82. The van der Waals surface area contributed by atoms with Gasteiger partial charge in [0.25, 0.3) is 0 Å². The van der Waals surface area contributed by atoms with Crippen LogP contribution in [0.3, 0.4) is 0 Å². The molecule has 0 saturated carbocycles. The molecule has 0 bridgehead atoms. The van der Waals surface area contributed by atoms with E-state index >= 15 is 0 Å². The summed E-state index contributed by atoms with van der Waals surface area (Å²) in [5.41, 5.74) is 0.475. The number of rotatable bonds is 6. The number of ether oxygens (including phenoxy) is 4. The largest absolute Gasteiger partial charge is 0.488 e. The second-order valence-electron chi connectivity index (χ2n) is 7.49. The molecule has 0 aromatic heterocycles. The number of esters is 2. The van der Waals surface area contributed by atoms with Gasteiger partial charge < -0.3 is 18.9 Å². The van der Waals surface area contributed by atoms with Crippen LogP contribution in [-0.2, 0) is 35.1 Å². The molecule has 1 saturated heterocycles. The van der Waals surface area contributed by atoms with Gasteiger partial charge in [-0.15, -0.1) is 0 Å². The van der Waals surface area contributed by atoms with Crippen LogP contribution in [0, 0.1) is 0 Å². The van der Waals surface area contributed by atoms with Crippen LogP contribution >= 0.6 is 0 Å². The van der Waals surface area contributed by atoms with Crippen molar-refractivity contribution in [3.05, 3.63) is 47.7 Å². The lowest BCUT2D eigenvalue weighted by atomic mass is 10.0. The quantitative estimate of drug-likeness (QED) is 0.559. The van der Waals surface area contributed by atoms with Crippen LogP contribution in [0.25, 0.3) is 0 Å². The fourth-order valence-electron chi connectivity index (χ4n) is 2.73. The summed E-state index contributed by atoms with van der Waals surface area (Å²) in [6.45, 7) is 7.47. The Labute approximate surface area is 160 Å². The normalized spacial score (nSPS) is 21.4. The van der Waals surface area contributed by atoms with Crippen LogP contribution in [0.4, 0.5) is 0 Å². The Hall–Kier alpha value is -2.34. The fraction of sp³-hybridized carbons (Fsp3) is 0.524. The van der Waals surface area contributed by atoms with Crippen LogP contribution in [0.5, 0.6) is 0 Å². The lowest BCUT2D eigenvalue weighted by molar-refractivity contribution is -0.162. The van der Waals surface area contributed by atoms with Gasteiger partial charge in [-0.05, 0) is 32.8 Å². The molecule has 0 unspecified atom stereocenters. The molecule has 0 amide bonds. The Balaban J connectivity index is 1.97. The maximum atomic E-state index is 12.0.